The molecule has 0 amide bonds. The van der Waals surface area contributed by atoms with E-state index in [2.05, 4.69) is 22.0 Å². The molecule has 0 aliphatic carbocycles. The largest absolute Gasteiger partial charge is 0.494 e. The first-order valence-corrected chi connectivity index (χ1v) is 5.16. The molecular weight excluding hydrogens is 200 g/mol. The van der Waals surface area contributed by atoms with Gasteiger partial charge in [0.1, 0.15) is 11.3 Å². The van der Waals surface area contributed by atoms with E-state index in [1.165, 1.54) is 0 Å². The van der Waals surface area contributed by atoms with Gasteiger partial charge in [-0.05, 0) is 31.2 Å². The Labute approximate surface area is 95.7 Å². The van der Waals surface area contributed by atoms with Crippen LogP contribution in [0.25, 0.3) is 10.9 Å². The van der Waals surface area contributed by atoms with Gasteiger partial charge in [-0.15, -0.1) is 0 Å². The summed E-state index contributed by atoms with van der Waals surface area (Å²) in [6.45, 7) is 1.99. The second-order valence-electron chi connectivity index (χ2n) is 3.96. The zero-order chi connectivity index (χ0) is 11.7. The van der Waals surface area contributed by atoms with Crippen LogP contribution < -0.4 is 9.64 Å². The summed E-state index contributed by atoms with van der Waals surface area (Å²) in [5.74, 6) is 0.768. The Balaban J connectivity index is 2.83. The van der Waals surface area contributed by atoms with Crippen molar-refractivity contribution in [3.8, 4) is 5.75 Å². The molecule has 1 heterocycles. The van der Waals surface area contributed by atoms with Crippen LogP contribution in [-0.4, -0.2) is 26.2 Å². The van der Waals surface area contributed by atoms with E-state index in [0.29, 0.717) is 0 Å². The van der Waals surface area contributed by atoms with E-state index >= 15 is 0 Å². The monoisotopic (exact) mass is 215 g/mol. The minimum atomic E-state index is 0.768. The number of methoxy groups -OCH3 is 1. The van der Waals surface area contributed by atoms with Crippen molar-refractivity contribution in [1.82, 2.24) is 4.98 Å². The number of fused-ring (bicyclic) bond motifs is 1. The molecule has 83 valence electrons. The molecule has 16 heavy (non-hydrogen) atoms. The standard InChI is InChI=1S/C13H15N2O/c1-9-8-11(15(2)3)10-6-5-7-12(16-4)13(10)14-9/h6-8H,1-4H3. The van der Waals surface area contributed by atoms with Crippen molar-refractivity contribution < 1.29 is 4.74 Å². The number of nitrogens with zero attached hydrogens (tertiary/aromatic N) is 2. The SMILES string of the molecule is COc1c[c]cc2c(N(C)C)cc(C)nc12. The summed E-state index contributed by atoms with van der Waals surface area (Å²) in [7, 11) is 5.70. The Morgan fingerprint density at radius 2 is 2.06 bits per heavy atom. The summed E-state index contributed by atoms with van der Waals surface area (Å²) in [4.78, 5) is 6.59. The fourth-order valence-electron chi connectivity index (χ4n) is 1.79. The third-order valence-corrected chi connectivity index (χ3v) is 2.54. The molecule has 0 spiro atoms. The lowest BCUT2D eigenvalue weighted by Crippen LogP contribution is -2.10. The second kappa shape index (κ2) is 4.00. The molecule has 0 saturated carbocycles. The Bertz CT molecular complexity index is 521. The summed E-state index contributed by atoms with van der Waals surface area (Å²) in [5, 5.41) is 1.06. The second-order valence-corrected chi connectivity index (χ2v) is 3.96. The van der Waals surface area contributed by atoms with Crippen LogP contribution in [-0.2, 0) is 0 Å². The maximum Gasteiger partial charge on any atom is 0.145 e. The van der Waals surface area contributed by atoms with Crippen molar-refractivity contribution in [2.24, 2.45) is 0 Å². The van der Waals surface area contributed by atoms with E-state index in [-0.39, 0.29) is 0 Å². The van der Waals surface area contributed by atoms with Gasteiger partial charge in [-0.3, -0.25) is 0 Å². The molecule has 2 aromatic rings. The molecular formula is C13H15N2O. The summed E-state index contributed by atoms with van der Waals surface area (Å²) < 4.78 is 5.30. The van der Waals surface area contributed by atoms with Crippen LogP contribution in [0, 0.1) is 13.0 Å². The molecule has 2 rings (SSSR count). The van der Waals surface area contributed by atoms with Crippen molar-refractivity contribution in [3.63, 3.8) is 0 Å². The third kappa shape index (κ3) is 1.69. The predicted octanol–water partition coefficient (Wildman–Crippen LogP) is 2.42. The van der Waals surface area contributed by atoms with Crippen molar-refractivity contribution >= 4 is 16.6 Å². The first-order chi connectivity index (χ1) is 7.63. The van der Waals surface area contributed by atoms with E-state index in [4.69, 9.17) is 4.74 Å². The zero-order valence-electron chi connectivity index (χ0n) is 10.0. The van der Waals surface area contributed by atoms with Gasteiger partial charge in [0, 0.05) is 30.9 Å². The Hall–Kier alpha value is -1.77. The molecule has 3 heteroatoms. The van der Waals surface area contributed by atoms with Crippen LogP contribution >= 0.6 is 0 Å². The summed E-state index contributed by atoms with van der Waals surface area (Å²) >= 11 is 0. The van der Waals surface area contributed by atoms with Crippen molar-refractivity contribution in [1.29, 1.82) is 0 Å². The molecule has 0 unspecified atom stereocenters. The Morgan fingerprint density at radius 1 is 1.31 bits per heavy atom. The van der Waals surface area contributed by atoms with E-state index in [1.807, 2.05) is 33.2 Å². The number of aryl methyl sites for hydroxylation is 1. The van der Waals surface area contributed by atoms with Gasteiger partial charge in [0.25, 0.3) is 0 Å². The number of ether oxygens (including phenoxy) is 1. The highest BCUT2D eigenvalue weighted by atomic mass is 16.5. The van der Waals surface area contributed by atoms with Crippen LogP contribution in [0.4, 0.5) is 5.69 Å². The Kier molecular flexibility index (Phi) is 2.69. The molecule has 1 aromatic heterocycles. The van der Waals surface area contributed by atoms with E-state index in [9.17, 15) is 0 Å². The lowest BCUT2D eigenvalue weighted by Gasteiger charge is -2.16. The minimum Gasteiger partial charge on any atom is -0.494 e. The maximum absolute atomic E-state index is 5.30. The fourth-order valence-corrected chi connectivity index (χ4v) is 1.79. The number of benzene rings is 1. The quantitative estimate of drug-likeness (QED) is 0.769. The van der Waals surface area contributed by atoms with Gasteiger partial charge >= 0.3 is 0 Å². The van der Waals surface area contributed by atoms with Crippen LogP contribution in [0.3, 0.4) is 0 Å². The summed E-state index contributed by atoms with van der Waals surface area (Å²) in [6, 6.07) is 8.90. The van der Waals surface area contributed by atoms with Crippen molar-refractivity contribution in [2.75, 3.05) is 26.1 Å². The molecule has 1 radical (unpaired) electrons. The van der Waals surface area contributed by atoms with Crippen LogP contribution in [0.15, 0.2) is 18.2 Å². The average molecular weight is 215 g/mol. The maximum atomic E-state index is 5.30. The predicted molar refractivity (Wildman–Crippen MR) is 66.2 cm³/mol. The highest BCUT2D eigenvalue weighted by Gasteiger charge is 2.09. The Morgan fingerprint density at radius 3 is 2.69 bits per heavy atom. The van der Waals surface area contributed by atoms with Gasteiger partial charge in [-0.2, -0.15) is 0 Å². The van der Waals surface area contributed by atoms with Crippen LogP contribution in [0.1, 0.15) is 5.69 Å². The van der Waals surface area contributed by atoms with E-state index in [0.717, 1.165) is 28.0 Å². The van der Waals surface area contributed by atoms with Gasteiger partial charge in [-0.1, -0.05) is 0 Å². The molecule has 0 aliphatic heterocycles. The number of rotatable bonds is 2. The lowest BCUT2D eigenvalue weighted by atomic mass is 10.1. The topological polar surface area (TPSA) is 25.4 Å². The van der Waals surface area contributed by atoms with Gasteiger partial charge in [0.15, 0.2) is 0 Å². The average Bonchev–Trinajstić information content (AvgIpc) is 2.27. The molecule has 0 atom stereocenters. The normalized spacial score (nSPS) is 10.5. The first-order valence-electron chi connectivity index (χ1n) is 5.16. The highest BCUT2D eigenvalue weighted by molar-refractivity contribution is 5.95. The fraction of sp³-hybridized carbons (Fsp3) is 0.308. The minimum absolute atomic E-state index is 0.768. The van der Waals surface area contributed by atoms with E-state index in [1.54, 1.807) is 7.11 Å². The first kappa shape index (κ1) is 10.7. The number of aromatic nitrogens is 1. The molecule has 0 aliphatic rings. The molecule has 0 bridgehead atoms. The van der Waals surface area contributed by atoms with Crippen LogP contribution in [0.2, 0.25) is 0 Å². The number of pyridine rings is 1. The number of hydrogen-bond donors (Lipinski definition) is 0. The number of hydrogen-bond acceptors (Lipinski definition) is 3. The van der Waals surface area contributed by atoms with Gasteiger partial charge in [-0.25, -0.2) is 4.98 Å². The van der Waals surface area contributed by atoms with Crippen LogP contribution in [0.5, 0.6) is 5.75 Å². The van der Waals surface area contributed by atoms with Crippen molar-refractivity contribution in [3.05, 3.63) is 30.0 Å². The zero-order valence-corrected chi connectivity index (χ0v) is 10.0. The molecule has 3 nitrogen and oxygen atoms in total. The molecule has 0 saturated heterocycles. The van der Waals surface area contributed by atoms with E-state index < -0.39 is 0 Å². The third-order valence-electron chi connectivity index (χ3n) is 2.54. The van der Waals surface area contributed by atoms with Gasteiger partial charge in [0.2, 0.25) is 0 Å². The highest BCUT2D eigenvalue weighted by Crippen LogP contribution is 2.30. The molecule has 1 aromatic carbocycles. The summed E-state index contributed by atoms with van der Waals surface area (Å²) in [6.07, 6.45) is 0. The van der Waals surface area contributed by atoms with Gasteiger partial charge < -0.3 is 9.64 Å². The van der Waals surface area contributed by atoms with Crippen molar-refractivity contribution in [2.45, 2.75) is 6.92 Å². The van der Waals surface area contributed by atoms with Gasteiger partial charge in [0.05, 0.1) is 7.11 Å². The number of anilines is 1. The molecule has 0 N–H and O–H groups in total. The smallest absolute Gasteiger partial charge is 0.145 e. The summed E-state index contributed by atoms with van der Waals surface area (Å²) in [5.41, 5.74) is 3.02. The lowest BCUT2D eigenvalue weighted by molar-refractivity contribution is 0.418. The molecule has 0 fully saturated rings.